The summed E-state index contributed by atoms with van der Waals surface area (Å²) in [5, 5.41) is 9.75. The third-order valence-electron chi connectivity index (χ3n) is 4.24. The Morgan fingerprint density at radius 2 is 2.27 bits per heavy atom. The Bertz CT molecular complexity index is 968. The number of fused-ring (bicyclic) bond motifs is 1. The molecule has 3 aromatic rings. The number of nitrogens with zero attached hydrogens (tertiary/aromatic N) is 3. The molecule has 9 heteroatoms. The van der Waals surface area contributed by atoms with Crippen molar-refractivity contribution >= 4 is 22.5 Å². The van der Waals surface area contributed by atoms with Gasteiger partial charge in [0, 0.05) is 19.3 Å². The summed E-state index contributed by atoms with van der Waals surface area (Å²) in [6, 6.07) is 7.22. The first-order valence-electron chi connectivity index (χ1n) is 8.30. The van der Waals surface area contributed by atoms with Crippen LogP contribution >= 0.6 is 0 Å². The summed E-state index contributed by atoms with van der Waals surface area (Å²) in [5.41, 5.74) is 1.10. The second-order valence-electron chi connectivity index (χ2n) is 6.10. The van der Waals surface area contributed by atoms with Crippen LogP contribution in [0.5, 0.6) is 0 Å². The van der Waals surface area contributed by atoms with Crippen molar-refractivity contribution in [2.24, 2.45) is 0 Å². The lowest BCUT2D eigenvalue weighted by Gasteiger charge is -2.31. The summed E-state index contributed by atoms with van der Waals surface area (Å²) in [7, 11) is 0. The molecule has 4 rings (SSSR count). The number of amides is 1. The fourth-order valence-corrected chi connectivity index (χ4v) is 2.97. The van der Waals surface area contributed by atoms with Gasteiger partial charge in [-0.3, -0.25) is 19.6 Å². The van der Waals surface area contributed by atoms with Gasteiger partial charge in [0.1, 0.15) is 11.9 Å². The van der Waals surface area contributed by atoms with Crippen LogP contribution in [0.4, 0.5) is 5.69 Å². The SMILES string of the molecule is O=C(Nc1cn[nH]c1)[C@H]1CN(Cc2nc3ccccc3c(=O)[nH]2)CCO1. The normalized spacial score (nSPS) is 18.1. The van der Waals surface area contributed by atoms with Crippen molar-refractivity contribution < 1.29 is 9.53 Å². The van der Waals surface area contributed by atoms with E-state index in [2.05, 4.69) is 25.5 Å². The Hall–Kier alpha value is -3.04. The number of aromatic nitrogens is 4. The molecule has 3 heterocycles. The Morgan fingerprint density at radius 1 is 1.38 bits per heavy atom. The van der Waals surface area contributed by atoms with Crippen LogP contribution in [-0.4, -0.2) is 56.8 Å². The van der Waals surface area contributed by atoms with Crippen LogP contribution in [0.2, 0.25) is 0 Å². The van der Waals surface area contributed by atoms with Crippen molar-refractivity contribution in [1.82, 2.24) is 25.1 Å². The van der Waals surface area contributed by atoms with Gasteiger partial charge in [0.25, 0.3) is 11.5 Å². The molecule has 0 radical (unpaired) electrons. The highest BCUT2D eigenvalue weighted by atomic mass is 16.5. The van der Waals surface area contributed by atoms with Crippen LogP contribution in [-0.2, 0) is 16.1 Å². The summed E-state index contributed by atoms with van der Waals surface area (Å²) in [4.78, 5) is 33.9. The highest BCUT2D eigenvalue weighted by Gasteiger charge is 2.27. The minimum atomic E-state index is -0.592. The van der Waals surface area contributed by atoms with Crippen molar-refractivity contribution in [1.29, 1.82) is 0 Å². The topological polar surface area (TPSA) is 116 Å². The van der Waals surface area contributed by atoms with E-state index in [0.29, 0.717) is 48.7 Å². The molecule has 0 spiro atoms. The smallest absolute Gasteiger partial charge is 0.258 e. The monoisotopic (exact) mass is 354 g/mol. The number of ether oxygens (including phenoxy) is 1. The van der Waals surface area contributed by atoms with E-state index < -0.39 is 6.10 Å². The van der Waals surface area contributed by atoms with Gasteiger partial charge in [0.15, 0.2) is 0 Å². The van der Waals surface area contributed by atoms with Gasteiger partial charge in [0.2, 0.25) is 0 Å². The maximum absolute atomic E-state index is 12.3. The molecule has 0 bridgehead atoms. The predicted molar refractivity (Wildman–Crippen MR) is 94.6 cm³/mol. The molecule has 1 fully saturated rings. The zero-order valence-electron chi connectivity index (χ0n) is 13.9. The lowest BCUT2D eigenvalue weighted by atomic mass is 10.2. The summed E-state index contributed by atoms with van der Waals surface area (Å²) in [5.74, 6) is 0.348. The van der Waals surface area contributed by atoms with Gasteiger partial charge in [-0.25, -0.2) is 4.98 Å². The minimum Gasteiger partial charge on any atom is -0.366 e. The molecule has 1 atom stereocenters. The Labute approximate surface area is 148 Å². The fourth-order valence-electron chi connectivity index (χ4n) is 2.97. The van der Waals surface area contributed by atoms with E-state index in [1.165, 1.54) is 6.20 Å². The van der Waals surface area contributed by atoms with Gasteiger partial charge < -0.3 is 15.0 Å². The lowest BCUT2D eigenvalue weighted by molar-refractivity contribution is -0.133. The van der Waals surface area contributed by atoms with Crippen molar-refractivity contribution in [3.63, 3.8) is 0 Å². The molecule has 1 amide bonds. The number of carbonyl (C=O) groups is 1. The fraction of sp³-hybridized carbons (Fsp3) is 0.294. The zero-order chi connectivity index (χ0) is 17.9. The Balaban J connectivity index is 1.45. The summed E-state index contributed by atoms with van der Waals surface area (Å²) < 4.78 is 5.57. The van der Waals surface area contributed by atoms with Crippen molar-refractivity contribution in [2.45, 2.75) is 12.6 Å². The second kappa shape index (κ2) is 7.06. The number of carbonyl (C=O) groups excluding carboxylic acids is 1. The number of hydrogen-bond donors (Lipinski definition) is 3. The van der Waals surface area contributed by atoms with Crippen LogP contribution < -0.4 is 10.9 Å². The van der Waals surface area contributed by atoms with E-state index in [1.54, 1.807) is 12.3 Å². The average Bonchev–Trinajstić information content (AvgIpc) is 3.15. The third kappa shape index (κ3) is 3.48. The van der Waals surface area contributed by atoms with Crippen LogP contribution in [0, 0.1) is 0 Å². The number of anilines is 1. The first kappa shape index (κ1) is 16.4. The number of rotatable bonds is 4. The van der Waals surface area contributed by atoms with Crippen molar-refractivity contribution in [3.8, 4) is 0 Å². The van der Waals surface area contributed by atoms with Gasteiger partial charge >= 0.3 is 0 Å². The zero-order valence-corrected chi connectivity index (χ0v) is 13.9. The summed E-state index contributed by atoms with van der Waals surface area (Å²) in [6.45, 7) is 1.95. The first-order valence-corrected chi connectivity index (χ1v) is 8.30. The van der Waals surface area contributed by atoms with Gasteiger partial charge in [-0.15, -0.1) is 0 Å². The van der Waals surface area contributed by atoms with E-state index in [4.69, 9.17) is 4.74 Å². The third-order valence-corrected chi connectivity index (χ3v) is 4.24. The molecule has 3 N–H and O–H groups in total. The number of para-hydroxylation sites is 1. The largest absolute Gasteiger partial charge is 0.366 e. The van der Waals surface area contributed by atoms with Crippen molar-refractivity contribution in [3.05, 3.63) is 52.8 Å². The van der Waals surface area contributed by atoms with Gasteiger partial charge in [-0.2, -0.15) is 5.10 Å². The molecule has 134 valence electrons. The van der Waals surface area contributed by atoms with E-state index in [0.717, 1.165) is 0 Å². The number of hydrogen-bond acceptors (Lipinski definition) is 6. The second-order valence-corrected chi connectivity index (χ2v) is 6.10. The van der Waals surface area contributed by atoms with E-state index in [1.807, 2.05) is 23.1 Å². The van der Waals surface area contributed by atoms with Crippen LogP contribution in [0.3, 0.4) is 0 Å². The maximum atomic E-state index is 12.3. The molecule has 1 saturated heterocycles. The minimum absolute atomic E-state index is 0.159. The molecular formula is C17H18N6O3. The van der Waals surface area contributed by atoms with Crippen molar-refractivity contribution in [2.75, 3.05) is 25.0 Å². The molecule has 26 heavy (non-hydrogen) atoms. The number of aromatic amines is 2. The van der Waals surface area contributed by atoms with E-state index in [9.17, 15) is 9.59 Å². The maximum Gasteiger partial charge on any atom is 0.258 e. The lowest BCUT2D eigenvalue weighted by Crippen LogP contribution is -2.47. The number of nitrogens with one attached hydrogen (secondary N) is 3. The average molecular weight is 354 g/mol. The Morgan fingerprint density at radius 3 is 3.12 bits per heavy atom. The number of morpholine rings is 1. The first-order chi connectivity index (χ1) is 12.7. The van der Waals surface area contributed by atoms with Gasteiger partial charge in [0.05, 0.1) is 35.9 Å². The van der Waals surface area contributed by atoms with Crippen LogP contribution in [0.25, 0.3) is 10.9 Å². The molecule has 1 aromatic carbocycles. The molecule has 2 aromatic heterocycles. The number of H-pyrrole nitrogens is 2. The highest BCUT2D eigenvalue weighted by molar-refractivity contribution is 5.94. The van der Waals surface area contributed by atoms with Gasteiger partial charge in [-0.05, 0) is 12.1 Å². The van der Waals surface area contributed by atoms with Crippen LogP contribution in [0.1, 0.15) is 5.82 Å². The predicted octanol–water partition coefficient (Wildman–Crippen LogP) is 0.486. The Kier molecular flexibility index (Phi) is 4.46. The summed E-state index contributed by atoms with van der Waals surface area (Å²) >= 11 is 0. The number of benzene rings is 1. The van der Waals surface area contributed by atoms with E-state index in [-0.39, 0.29) is 11.5 Å². The molecule has 1 aliphatic heterocycles. The molecule has 0 aliphatic carbocycles. The quantitative estimate of drug-likeness (QED) is 0.628. The molecule has 0 saturated carbocycles. The standard InChI is InChI=1S/C17H18N6O3/c24-16-12-3-1-2-4-13(12)21-15(22-16)10-23-5-6-26-14(9-23)17(25)20-11-7-18-19-8-11/h1-4,7-8,14H,5-6,9-10H2,(H,18,19)(H,20,25)(H,21,22,24)/t14-/m1/s1. The molecular weight excluding hydrogens is 336 g/mol. The van der Waals surface area contributed by atoms with Crippen LogP contribution in [0.15, 0.2) is 41.5 Å². The highest BCUT2D eigenvalue weighted by Crippen LogP contribution is 2.12. The molecule has 0 unspecified atom stereocenters. The van der Waals surface area contributed by atoms with E-state index >= 15 is 0 Å². The molecule has 9 nitrogen and oxygen atoms in total. The summed E-state index contributed by atoms with van der Waals surface area (Å²) in [6.07, 6.45) is 2.54. The molecule has 1 aliphatic rings. The van der Waals surface area contributed by atoms with Gasteiger partial charge in [-0.1, -0.05) is 12.1 Å².